The zero-order chi connectivity index (χ0) is 30.0. The van der Waals surface area contributed by atoms with Crippen molar-refractivity contribution in [3.63, 3.8) is 0 Å². The predicted octanol–water partition coefficient (Wildman–Crippen LogP) is 5.78. The van der Waals surface area contributed by atoms with Crippen molar-refractivity contribution in [3.05, 3.63) is 93.2 Å². The van der Waals surface area contributed by atoms with Crippen LogP contribution in [0.15, 0.2) is 59.5 Å². The maximum absolute atomic E-state index is 14.6. The lowest BCUT2D eigenvalue weighted by Gasteiger charge is -2.31. The Bertz CT molecular complexity index is 1560. The molecule has 2 N–H and O–H groups in total. The number of sulfone groups is 1. The van der Waals surface area contributed by atoms with Gasteiger partial charge in [-0.1, -0.05) is 31.0 Å². The van der Waals surface area contributed by atoms with E-state index in [4.69, 9.17) is 5.14 Å². The Hall–Kier alpha value is -2.96. The third-order valence-electron chi connectivity index (χ3n) is 6.60. The van der Waals surface area contributed by atoms with Gasteiger partial charge in [0.1, 0.15) is 5.82 Å². The largest absolute Gasteiger partial charge is 0.395 e. The summed E-state index contributed by atoms with van der Waals surface area (Å²) in [6, 6.07) is 9.69. The predicted molar refractivity (Wildman–Crippen MR) is 149 cm³/mol. The van der Waals surface area contributed by atoms with E-state index in [1.54, 1.807) is 13.8 Å². The molecule has 0 aliphatic carbocycles. The van der Waals surface area contributed by atoms with Crippen molar-refractivity contribution in [1.29, 1.82) is 0 Å². The van der Waals surface area contributed by atoms with E-state index in [9.17, 15) is 35.6 Å². The number of hydrogen-bond acceptors (Lipinski definition) is 6. The minimum absolute atomic E-state index is 0.0242. The van der Waals surface area contributed by atoms with Gasteiger partial charge in [-0.05, 0) is 67.3 Å². The van der Waals surface area contributed by atoms with Gasteiger partial charge in [-0.3, -0.25) is 14.7 Å². The number of nitrogens with zero attached hydrogens (tertiary/aromatic N) is 1. The van der Waals surface area contributed by atoms with Gasteiger partial charge < -0.3 is 4.57 Å². The summed E-state index contributed by atoms with van der Waals surface area (Å²) in [5.41, 5.74) is -0.773. The van der Waals surface area contributed by atoms with Gasteiger partial charge in [-0.2, -0.15) is 13.2 Å². The molecule has 1 heterocycles. The van der Waals surface area contributed by atoms with Crippen LogP contribution in [-0.2, 0) is 22.6 Å². The van der Waals surface area contributed by atoms with Gasteiger partial charge in [0.05, 0.1) is 11.7 Å². The van der Waals surface area contributed by atoms with E-state index in [0.29, 0.717) is 0 Å². The highest BCUT2D eigenvalue weighted by Crippen LogP contribution is 2.46. The fourth-order valence-electron chi connectivity index (χ4n) is 4.31. The van der Waals surface area contributed by atoms with Gasteiger partial charge >= 0.3 is 6.18 Å². The Morgan fingerprint density at radius 2 is 1.68 bits per heavy atom. The number of benzene rings is 2. The van der Waals surface area contributed by atoms with E-state index in [-0.39, 0.29) is 39.1 Å². The van der Waals surface area contributed by atoms with Gasteiger partial charge in [-0.25, -0.2) is 12.8 Å². The van der Waals surface area contributed by atoms with Crippen LogP contribution in [-0.4, -0.2) is 35.4 Å². The minimum atomic E-state index is -4.78. The molecule has 6 nitrogen and oxygen atoms in total. The third kappa shape index (κ3) is 7.41. The molecule has 216 valence electrons. The SMILES string of the molecule is CCS(=O)(=O)Cc1ccc(C(=O)c2ccc(F)cc2)c(-c2cn(C)c(=O)cc2[C@@H](CC(C)(C)SN)C(F)(F)F)c1. The van der Waals surface area contributed by atoms with E-state index in [1.807, 2.05) is 0 Å². The Balaban J connectivity index is 2.38. The molecule has 0 bridgehead atoms. The summed E-state index contributed by atoms with van der Waals surface area (Å²) in [7, 11) is -2.17. The number of pyridine rings is 1. The number of alkyl halides is 3. The van der Waals surface area contributed by atoms with Crippen LogP contribution in [0.5, 0.6) is 0 Å². The first kappa shape index (κ1) is 31.6. The Kier molecular flexibility index (Phi) is 9.37. The van der Waals surface area contributed by atoms with Crippen LogP contribution >= 0.6 is 11.9 Å². The summed E-state index contributed by atoms with van der Waals surface area (Å²) in [5, 5.41) is 5.67. The normalized spacial score (nSPS) is 13.3. The zero-order valence-corrected chi connectivity index (χ0v) is 24.0. The van der Waals surface area contributed by atoms with Gasteiger partial charge in [0.25, 0.3) is 5.56 Å². The van der Waals surface area contributed by atoms with Crippen LogP contribution in [0.1, 0.15) is 60.2 Å². The number of rotatable bonds is 10. The molecule has 0 radical (unpaired) electrons. The van der Waals surface area contributed by atoms with Crippen molar-refractivity contribution in [2.75, 3.05) is 5.75 Å². The van der Waals surface area contributed by atoms with Crippen molar-refractivity contribution in [3.8, 4) is 11.1 Å². The van der Waals surface area contributed by atoms with Crippen LogP contribution < -0.4 is 10.7 Å². The Morgan fingerprint density at radius 3 is 2.23 bits per heavy atom. The molecule has 1 aromatic heterocycles. The first-order valence-electron chi connectivity index (χ1n) is 12.3. The van der Waals surface area contributed by atoms with Crippen molar-refractivity contribution in [2.45, 2.75) is 49.8 Å². The maximum atomic E-state index is 14.6. The first-order chi connectivity index (χ1) is 18.5. The van der Waals surface area contributed by atoms with Crippen molar-refractivity contribution in [2.24, 2.45) is 12.2 Å². The number of halogens is 4. The lowest BCUT2D eigenvalue weighted by atomic mass is 9.83. The summed E-state index contributed by atoms with van der Waals surface area (Å²) < 4.78 is 82.0. The molecule has 0 aliphatic heterocycles. The molecule has 0 saturated heterocycles. The summed E-state index contributed by atoms with van der Waals surface area (Å²) >= 11 is 0.758. The highest BCUT2D eigenvalue weighted by Gasteiger charge is 2.45. The number of nitrogens with two attached hydrogens (primary N) is 1. The molecule has 0 amide bonds. The van der Waals surface area contributed by atoms with E-state index in [2.05, 4.69) is 0 Å². The molecule has 12 heteroatoms. The molecule has 0 fully saturated rings. The third-order valence-corrected chi connectivity index (χ3v) is 9.05. The van der Waals surface area contributed by atoms with Crippen molar-refractivity contribution >= 4 is 27.6 Å². The lowest BCUT2D eigenvalue weighted by molar-refractivity contribution is -0.153. The van der Waals surface area contributed by atoms with E-state index >= 15 is 0 Å². The number of ketones is 1. The molecule has 40 heavy (non-hydrogen) atoms. The molecular formula is C28H30F4N2O4S2. The number of carbonyl (C=O) groups is 1. The summed E-state index contributed by atoms with van der Waals surface area (Å²) in [6.07, 6.45) is -4.03. The molecule has 2 aromatic carbocycles. The van der Waals surface area contributed by atoms with Crippen LogP contribution in [0.25, 0.3) is 11.1 Å². The lowest BCUT2D eigenvalue weighted by Crippen LogP contribution is -2.31. The van der Waals surface area contributed by atoms with Gasteiger partial charge in [0.15, 0.2) is 15.6 Å². The Labute approximate surface area is 234 Å². The number of carbonyl (C=O) groups excluding carboxylic acids is 1. The smallest absolute Gasteiger partial charge is 0.318 e. The molecule has 0 spiro atoms. The van der Waals surface area contributed by atoms with Gasteiger partial charge in [0, 0.05) is 46.5 Å². The fourth-order valence-corrected chi connectivity index (χ4v) is 5.47. The fraction of sp³-hybridized carbons (Fsp3) is 0.357. The van der Waals surface area contributed by atoms with Crippen LogP contribution in [0.3, 0.4) is 0 Å². The van der Waals surface area contributed by atoms with Crippen molar-refractivity contribution in [1.82, 2.24) is 4.57 Å². The monoisotopic (exact) mass is 598 g/mol. The molecule has 1 atom stereocenters. The molecule has 0 aliphatic rings. The summed E-state index contributed by atoms with van der Waals surface area (Å²) in [4.78, 5) is 26.2. The Morgan fingerprint density at radius 1 is 1.05 bits per heavy atom. The van der Waals surface area contributed by atoms with E-state index < -0.39 is 56.0 Å². The second-order valence-electron chi connectivity index (χ2n) is 10.2. The van der Waals surface area contributed by atoms with E-state index in [1.165, 1.54) is 50.5 Å². The average Bonchev–Trinajstić information content (AvgIpc) is 2.88. The van der Waals surface area contributed by atoms with Crippen LogP contribution in [0.2, 0.25) is 0 Å². The number of aromatic nitrogens is 1. The van der Waals surface area contributed by atoms with Crippen molar-refractivity contribution < 1.29 is 30.8 Å². The van der Waals surface area contributed by atoms with Gasteiger partial charge in [0.2, 0.25) is 0 Å². The molecule has 0 saturated carbocycles. The highest BCUT2D eigenvalue weighted by atomic mass is 32.2. The number of aryl methyl sites for hydroxylation is 1. The first-order valence-corrected chi connectivity index (χ1v) is 15.0. The average molecular weight is 599 g/mol. The second kappa shape index (κ2) is 11.9. The molecular weight excluding hydrogens is 568 g/mol. The molecule has 3 aromatic rings. The van der Waals surface area contributed by atoms with Gasteiger partial charge in [-0.15, -0.1) is 0 Å². The summed E-state index contributed by atoms with van der Waals surface area (Å²) in [6.45, 7) is 4.58. The maximum Gasteiger partial charge on any atom is 0.395 e. The quantitative estimate of drug-likeness (QED) is 0.181. The van der Waals surface area contributed by atoms with Crippen LogP contribution in [0, 0.1) is 5.82 Å². The number of hydrogen-bond donors (Lipinski definition) is 1. The second-order valence-corrected chi connectivity index (χ2v) is 13.9. The molecule has 3 rings (SSSR count). The zero-order valence-electron chi connectivity index (χ0n) is 22.4. The molecule has 0 unspecified atom stereocenters. The standard InChI is InChI=1S/C28H30F4N2O4S2/c1-5-40(37,38)16-17-6-11-20(26(36)18-7-9-19(29)10-8-18)21(12-17)23-15-34(4)25(35)13-22(23)24(28(30,31)32)14-27(2,3)39-33/h6-13,15,24H,5,14,16,33H2,1-4H3/t24-/m1/s1. The topological polar surface area (TPSA) is 99.2 Å². The highest BCUT2D eigenvalue weighted by molar-refractivity contribution is 7.98. The minimum Gasteiger partial charge on any atom is -0.318 e. The summed E-state index contributed by atoms with van der Waals surface area (Å²) in [5.74, 6) is -3.88. The van der Waals surface area contributed by atoms with E-state index in [0.717, 1.165) is 34.7 Å². The van der Waals surface area contributed by atoms with Crippen LogP contribution in [0.4, 0.5) is 17.6 Å².